The summed E-state index contributed by atoms with van der Waals surface area (Å²) in [7, 11) is 0. The highest BCUT2D eigenvalue weighted by molar-refractivity contribution is 14.1. The number of nitrogens with two attached hydrogens (primary N) is 1. The average molecular weight is 394 g/mol. The zero-order valence-corrected chi connectivity index (χ0v) is 12.9. The number of carboxylic acid groups (broad SMARTS) is 1. The van der Waals surface area contributed by atoms with Crippen LogP contribution in [0.2, 0.25) is 0 Å². The summed E-state index contributed by atoms with van der Waals surface area (Å²) in [5.41, 5.74) is 8.07. The van der Waals surface area contributed by atoms with E-state index in [1.54, 1.807) is 12.3 Å². The SMILES string of the molecule is Nc1cn(-c2ccc(C(=O)O)c(O)c2)c2ccc(I)cc12. The van der Waals surface area contributed by atoms with Gasteiger partial charge in [0, 0.05) is 26.9 Å². The third kappa shape index (κ3) is 2.31. The van der Waals surface area contributed by atoms with Gasteiger partial charge in [-0.15, -0.1) is 0 Å². The van der Waals surface area contributed by atoms with E-state index < -0.39 is 5.97 Å². The van der Waals surface area contributed by atoms with Gasteiger partial charge in [0.2, 0.25) is 0 Å². The van der Waals surface area contributed by atoms with Crippen molar-refractivity contribution in [3.63, 3.8) is 0 Å². The van der Waals surface area contributed by atoms with E-state index in [9.17, 15) is 9.90 Å². The Bertz CT molecular complexity index is 871. The molecule has 0 aliphatic carbocycles. The monoisotopic (exact) mass is 394 g/mol. The van der Waals surface area contributed by atoms with Gasteiger partial charge >= 0.3 is 5.97 Å². The molecule has 0 aliphatic rings. The summed E-state index contributed by atoms with van der Waals surface area (Å²) in [5.74, 6) is -1.43. The Kier molecular flexibility index (Phi) is 3.25. The maximum atomic E-state index is 10.9. The Balaban J connectivity index is 2.21. The number of nitrogens with zero attached hydrogens (tertiary/aromatic N) is 1. The van der Waals surface area contributed by atoms with Gasteiger partial charge in [0.05, 0.1) is 11.2 Å². The number of aromatic hydroxyl groups is 1. The van der Waals surface area contributed by atoms with E-state index in [0.29, 0.717) is 11.4 Å². The minimum absolute atomic E-state index is 0.127. The number of benzene rings is 2. The van der Waals surface area contributed by atoms with Gasteiger partial charge in [-0.05, 0) is 52.9 Å². The van der Waals surface area contributed by atoms with Crippen LogP contribution in [0.25, 0.3) is 16.6 Å². The molecule has 0 unspecified atom stereocenters. The van der Waals surface area contributed by atoms with E-state index in [4.69, 9.17) is 10.8 Å². The second-order valence-corrected chi connectivity index (χ2v) is 5.87. The summed E-state index contributed by atoms with van der Waals surface area (Å²) in [4.78, 5) is 10.9. The first kappa shape index (κ1) is 13.7. The van der Waals surface area contributed by atoms with Crippen molar-refractivity contribution in [3.8, 4) is 11.4 Å². The van der Waals surface area contributed by atoms with Crippen LogP contribution in [0.1, 0.15) is 10.4 Å². The first-order valence-corrected chi connectivity index (χ1v) is 7.18. The minimum atomic E-state index is -1.16. The van der Waals surface area contributed by atoms with Crippen molar-refractivity contribution in [1.82, 2.24) is 4.57 Å². The average Bonchev–Trinajstić information content (AvgIpc) is 2.75. The van der Waals surface area contributed by atoms with Crippen LogP contribution < -0.4 is 5.73 Å². The molecule has 2 aromatic carbocycles. The van der Waals surface area contributed by atoms with Gasteiger partial charge in [0.25, 0.3) is 0 Å². The molecular formula is C15H11IN2O3. The van der Waals surface area contributed by atoms with Crippen LogP contribution in [0.5, 0.6) is 5.75 Å². The van der Waals surface area contributed by atoms with E-state index in [1.165, 1.54) is 12.1 Å². The quantitative estimate of drug-likeness (QED) is 0.583. The topological polar surface area (TPSA) is 88.5 Å². The molecule has 3 rings (SSSR count). The lowest BCUT2D eigenvalue weighted by Gasteiger charge is -2.07. The Morgan fingerprint density at radius 2 is 1.95 bits per heavy atom. The highest BCUT2D eigenvalue weighted by atomic mass is 127. The predicted octanol–water partition coefficient (Wildman–Crippen LogP) is 3.22. The summed E-state index contributed by atoms with van der Waals surface area (Å²) in [5, 5.41) is 19.7. The van der Waals surface area contributed by atoms with Crippen LogP contribution >= 0.6 is 22.6 Å². The number of rotatable bonds is 2. The van der Waals surface area contributed by atoms with E-state index in [0.717, 1.165) is 14.5 Å². The molecule has 5 nitrogen and oxygen atoms in total. The maximum Gasteiger partial charge on any atom is 0.339 e. The van der Waals surface area contributed by atoms with Crippen LogP contribution in [0.15, 0.2) is 42.6 Å². The third-order valence-electron chi connectivity index (χ3n) is 3.29. The molecule has 0 aliphatic heterocycles. The van der Waals surface area contributed by atoms with Gasteiger partial charge in [-0.3, -0.25) is 0 Å². The third-order valence-corrected chi connectivity index (χ3v) is 3.96. The zero-order chi connectivity index (χ0) is 15.1. The van der Waals surface area contributed by atoms with Crippen molar-refractivity contribution in [2.75, 3.05) is 5.73 Å². The number of aromatic nitrogens is 1. The lowest BCUT2D eigenvalue weighted by molar-refractivity contribution is 0.0694. The van der Waals surface area contributed by atoms with Crippen molar-refractivity contribution in [3.05, 3.63) is 51.7 Å². The van der Waals surface area contributed by atoms with Gasteiger partial charge in [-0.1, -0.05) is 0 Å². The number of halogens is 1. The fourth-order valence-electron chi connectivity index (χ4n) is 2.29. The lowest BCUT2D eigenvalue weighted by Crippen LogP contribution is -1.99. The molecule has 0 saturated heterocycles. The van der Waals surface area contributed by atoms with E-state index in [-0.39, 0.29) is 11.3 Å². The smallest absolute Gasteiger partial charge is 0.339 e. The fraction of sp³-hybridized carbons (Fsp3) is 0. The molecule has 1 aromatic heterocycles. The summed E-state index contributed by atoms with van der Waals surface area (Å²) < 4.78 is 2.90. The molecule has 3 aromatic rings. The van der Waals surface area contributed by atoms with Crippen LogP contribution in [-0.2, 0) is 0 Å². The zero-order valence-electron chi connectivity index (χ0n) is 10.7. The Morgan fingerprint density at radius 3 is 2.62 bits per heavy atom. The molecular weight excluding hydrogens is 383 g/mol. The first-order chi connectivity index (χ1) is 9.97. The van der Waals surface area contributed by atoms with Crippen molar-refractivity contribution in [2.45, 2.75) is 0 Å². The summed E-state index contributed by atoms with van der Waals surface area (Å²) >= 11 is 2.22. The summed E-state index contributed by atoms with van der Waals surface area (Å²) in [6, 6.07) is 10.3. The maximum absolute atomic E-state index is 10.9. The molecule has 1 heterocycles. The van der Waals surface area contributed by atoms with Crippen LogP contribution in [-0.4, -0.2) is 20.7 Å². The van der Waals surface area contributed by atoms with Gasteiger partial charge in [-0.2, -0.15) is 0 Å². The van der Waals surface area contributed by atoms with Crippen LogP contribution in [0.3, 0.4) is 0 Å². The highest BCUT2D eigenvalue weighted by Gasteiger charge is 2.13. The van der Waals surface area contributed by atoms with Crippen molar-refractivity contribution >= 4 is 45.2 Å². The molecule has 4 N–H and O–H groups in total. The predicted molar refractivity (Wildman–Crippen MR) is 89.0 cm³/mol. The van der Waals surface area contributed by atoms with E-state index in [1.807, 2.05) is 22.8 Å². The number of aromatic carboxylic acids is 1. The largest absolute Gasteiger partial charge is 0.507 e. The van der Waals surface area contributed by atoms with Gasteiger partial charge < -0.3 is 20.5 Å². The molecule has 0 atom stereocenters. The molecule has 21 heavy (non-hydrogen) atoms. The fourth-order valence-corrected chi connectivity index (χ4v) is 2.78. The first-order valence-electron chi connectivity index (χ1n) is 6.10. The lowest BCUT2D eigenvalue weighted by atomic mass is 10.2. The van der Waals surface area contributed by atoms with Crippen molar-refractivity contribution in [2.24, 2.45) is 0 Å². The number of carboxylic acids is 1. The molecule has 0 amide bonds. The Labute approximate surface area is 133 Å². The normalized spacial score (nSPS) is 10.9. The highest BCUT2D eigenvalue weighted by Crippen LogP contribution is 2.30. The van der Waals surface area contributed by atoms with Gasteiger partial charge in [0.1, 0.15) is 11.3 Å². The molecule has 0 saturated carbocycles. The number of carbonyl (C=O) groups is 1. The minimum Gasteiger partial charge on any atom is -0.507 e. The number of nitrogen functional groups attached to an aromatic ring is 1. The number of hydrogen-bond donors (Lipinski definition) is 3. The number of phenols is 1. The molecule has 106 valence electrons. The number of anilines is 1. The van der Waals surface area contributed by atoms with Crippen LogP contribution in [0.4, 0.5) is 5.69 Å². The molecule has 0 radical (unpaired) electrons. The number of fused-ring (bicyclic) bond motifs is 1. The van der Waals surface area contributed by atoms with Gasteiger partial charge in [0.15, 0.2) is 0 Å². The van der Waals surface area contributed by atoms with Gasteiger partial charge in [-0.25, -0.2) is 4.79 Å². The van der Waals surface area contributed by atoms with Crippen LogP contribution in [0, 0.1) is 3.57 Å². The number of hydrogen-bond acceptors (Lipinski definition) is 3. The molecule has 0 fully saturated rings. The molecule has 0 spiro atoms. The summed E-state index contributed by atoms with van der Waals surface area (Å²) in [6.45, 7) is 0. The standard InChI is InChI=1S/C15H11IN2O3/c16-8-1-4-13-11(5-8)12(17)7-18(13)9-2-3-10(15(20)21)14(19)6-9/h1-7,19H,17H2,(H,20,21). The van der Waals surface area contributed by atoms with E-state index in [2.05, 4.69) is 22.6 Å². The Morgan fingerprint density at radius 1 is 1.19 bits per heavy atom. The second-order valence-electron chi connectivity index (χ2n) is 4.62. The second kappa shape index (κ2) is 4.96. The molecule has 6 heteroatoms. The molecule has 0 bridgehead atoms. The summed E-state index contributed by atoms with van der Waals surface area (Å²) in [6.07, 6.45) is 1.76. The van der Waals surface area contributed by atoms with Crippen molar-refractivity contribution in [1.29, 1.82) is 0 Å². The van der Waals surface area contributed by atoms with E-state index >= 15 is 0 Å². The Hall–Kier alpha value is -2.22. The van der Waals surface area contributed by atoms with Crippen molar-refractivity contribution < 1.29 is 15.0 Å².